The van der Waals surface area contributed by atoms with E-state index in [1.807, 2.05) is 36.5 Å². The smallest absolute Gasteiger partial charge is 0.178 e. The second-order valence-corrected chi connectivity index (χ2v) is 6.97. The second kappa shape index (κ2) is 6.35. The van der Waals surface area contributed by atoms with E-state index < -0.39 is 0 Å². The highest BCUT2D eigenvalue weighted by Gasteiger charge is 2.16. The van der Waals surface area contributed by atoms with Crippen molar-refractivity contribution in [2.24, 2.45) is 0 Å². The molecule has 0 unspecified atom stereocenters. The fourth-order valence-corrected chi connectivity index (χ4v) is 3.70. The Labute approximate surface area is 169 Å². The maximum atomic E-state index is 13.7. The maximum Gasteiger partial charge on any atom is 0.178 e. The van der Waals surface area contributed by atoms with E-state index in [2.05, 4.69) is 35.3 Å². The van der Waals surface area contributed by atoms with Crippen molar-refractivity contribution in [1.82, 2.24) is 35.3 Å². The van der Waals surface area contributed by atoms with E-state index in [0.717, 1.165) is 38.7 Å². The minimum atomic E-state index is -0.290. The van der Waals surface area contributed by atoms with Crippen molar-refractivity contribution in [3.63, 3.8) is 0 Å². The van der Waals surface area contributed by atoms with Crippen LogP contribution in [0.25, 0.3) is 55.8 Å². The molecule has 0 amide bonds. The van der Waals surface area contributed by atoms with E-state index in [1.165, 1.54) is 12.1 Å². The van der Waals surface area contributed by atoms with Gasteiger partial charge in [-0.3, -0.25) is 10.2 Å². The number of H-pyrrole nitrogens is 3. The van der Waals surface area contributed by atoms with Gasteiger partial charge in [-0.2, -0.15) is 10.2 Å². The Kier molecular flexibility index (Phi) is 3.51. The molecule has 0 saturated heterocycles. The molecule has 0 atom stereocenters. The molecule has 8 heteroatoms. The number of nitrogens with one attached hydrogen (secondary N) is 3. The summed E-state index contributed by atoms with van der Waals surface area (Å²) in [5.74, 6) is 0.305. The molecule has 0 bridgehead atoms. The van der Waals surface area contributed by atoms with Crippen molar-refractivity contribution in [3.8, 4) is 33.8 Å². The fourth-order valence-electron chi connectivity index (χ4n) is 3.70. The lowest BCUT2D eigenvalue weighted by atomic mass is 10.1. The summed E-state index contributed by atoms with van der Waals surface area (Å²) in [5, 5.41) is 15.3. The third-order valence-electron chi connectivity index (χ3n) is 5.15. The Hall–Kier alpha value is -4.33. The van der Waals surface area contributed by atoms with Crippen LogP contribution in [0.3, 0.4) is 0 Å². The van der Waals surface area contributed by atoms with E-state index in [9.17, 15) is 4.39 Å². The van der Waals surface area contributed by atoms with Crippen LogP contribution in [-0.4, -0.2) is 35.3 Å². The first kappa shape index (κ1) is 16.6. The highest BCUT2D eigenvalue weighted by molar-refractivity contribution is 5.97. The van der Waals surface area contributed by atoms with Crippen LogP contribution in [0.5, 0.6) is 0 Å². The van der Waals surface area contributed by atoms with Gasteiger partial charge >= 0.3 is 0 Å². The van der Waals surface area contributed by atoms with Gasteiger partial charge < -0.3 is 4.98 Å². The molecule has 0 radical (unpaired) electrons. The molecule has 4 aromatic heterocycles. The third-order valence-corrected chi connectivity index (χ3v) is 5.15. The summed E-state index contributed by atoms with van der Waals surface area (Å²) in [5.41, 5.74) is 6.48. The quantitative estimate of drug-likeness (QED) is 0.404. The van der Waals surface area contributed by atoms with Gasteiger partial charge in [-0.1, -0.05) is 18.2 Å². The number of benzene rings is 2. The van der Waals surface area contributed by atoms with Crippen molar-refractivity contribution in [1.29, 1.82) is 0 Å². The van der Waals surface area contributed by atoms with Crippen molar-refractivity contribution < 1.29 is 4.39 Å². The number of halogens is 1. The first-order valence-corrected chi connectivity index (χ1v) is 9.34. The molecule has 4 heterocycles. The number of hydrogen-bond acceptors (Lipinski definition) is 4. The first-order valence-electron chi connectivity index (χ1n) is 9.34. The van der Waals surface area contributed by atoms with Gasteiger partial charge in [0.2, 0.25) is 0 Å². The second-order valence-electron chi connectivity index (χ2n) is 6.97. The predicted molar refractivity (Wildman–Crippen MR) is 112 cm³/mol. The Morgan fingerprint density at radius 1 is 0.933 bits per heavy atom. The van der Waals surface area contributed by atoms with Gasteiger partial charge in [-0.25, -0.2) is 14.4 Å². The van der Waals surface area contributed by atoms with Crippen LogP contribution >= 0.6 is 0 Å². The standard InChI is InChI=1S/C22H14FN7/c23-15-3-1-2-13(8-15)16-6-7-24-21-19(16)27-22(28-21)20-17-9-12(14-10-25-26-11-14)4-5-18(17)29-30-20/h1-11H,(H,25,26)(H,29,30)(H,24,27,28). The SMILES string of the molecule is Fc1cccc(-c2ccnc3nc(-c4n[nH]c5ccc(-c6cn[nH]c6)cc45)[nH]c23)c1. The van der Waals surface area contributed by atoms with Crippen molar-refractivity contribution in [3.05, 3.63) is 72.9 Å². The monoisotopic (exact) mass is 395 g/mol. The zero-order valence-electron chi connectivity index (χ0n) is 15.5. The highest BCUT2D eigenvalue weighted by Crippen LogP contribution is 2.32. The van der Waals surface area contributed by atoms with E-state index in [1.54, 1.807) is 18.5 Å². The normalized spacial score (nSPS) is 11.5. The number of imidazole rings is 1. The molecule has 3 N–H and O–H groups in total. The topological polar surface area (TPSA) is 98.9 Å². The average Bonchev–Trinajstić information content (AvgIpc) is 3.51. The number of pyridine rings is 1. The van der Waals surface area contributed by atoms with E-state index in [0.29, 0.717) is 17.2 Å². The summed E-state index contributed by atoms with van der Waals surface area (Å²) < 4.78 is 13.7. The average molecular weight is 395 g/mol. The summed E-state index contributed by atoms with van der Waals surface area (Å²) >= 11 is 0. The van der Waals surface area contributed by atoms with Crippen LogP contribution in [0.2, 0.25) is 0 Å². The molecule has 7 nitrogen and oxygen atoms in total. The minimum Gasteiger partial charge on any atom is -0.335 e. The van der Waals surface area contributed by atoms with Crippen molar-refractivity contribution in [2.75, 3.05) is 0 Å². The van der Waals surface area contributed by atoms with E-state index in [4.69, 9.17) is 0 Å². The Bertz CT molecular complexity index is 1510. The van der Waals surface area contributed by atoms with Crippen LogP contribution in [0, 0.1) is 5.82 Å². The third kappa shape index (κ3) is 2.58. The van der Waals surface area contributed by atoms with Crippen LogP contribution < -0.4 is 0 Å². The lowest BCUT2D eigenvalue weighted by molar-refractivity contribution is 0.628. The molecule has 2 aromatic carbocycles. The van der Waals surface area contributed by atoms with Gasteiger partial charge in [0.15, 0.2) is 11.5 Å². The minimum absolute atomic E-state index is 0.290. The summed E-state index contributed by atoms with van der Waals surface area (Å²) in [7, 11) is 0. The molecule has 0 aliphatic carbocycles. The lowest BCUT2D eigenvalue weighted by Crippen LogP contribution is -1.84. The molecule has 0 saturated carbocycles. The van der Waals surface area contributed by atoms with Crippen molar-refractivity contribution >= 4 is 22.1 Å². The molecule has 0 spiro atoms. The zero-order chi connectivity index (χ0) is 20.1. The molecular weight excluding hydrogens is 381 g/mol. The fraction of sp³-hybridized carbons (Fsp3) is 0. The maximum absolute atomic E-state index is 13.7. The number of aromatic amines is 3. The number of rotatable bonds is 3. The Balaban J connectivity index is 1.53. The van der Waals surface area contributed by atoms with Gasteiger partial charge in [0.25, 0.3) is 0 Å². The van der Waals surface area contributed by atoms with Gasteiger partial charge in [-0.05, 0) is 41.5 Å². The van der Waals surface area contributed by atoms with Gasteiger partial charge in [0.1, 0.15) is 11.5 Å². The zero-order valence-corrected chi connectivity index (χ0v) is 15.5. The van der Waals surface area contributed by atoms with Gasteiger partial charge in [0.05, 0.1) is 17.2 Å². The molecule has 0 fully saturated rings. The molecule has 0 aliphatic heterocycles. The van der Waals surface area contributed by atoms with E-state index in [-0.39, 0.29) is 5.82 Å². The highest BCUT2D eigenvalue weighted by atomic mass is 19.1. The number of nitrogens with zero attached hydrogens (tertiary/aromatic N) is 4. The lowest BCUT2D eigenvalue weighted by Gasteiger charge is -2.02. The largest absolute Gasteiger partial charge is 0.335 e. The molecule has 30 heavy (non-hydrogen) atoms. The predicted octanol–water partition coefficient (Wildman–Crippen LogP) is 4.70. The van der Waals surface area contributed by atoms with Crippen molar-refractivity contribution in [2.45, 2.75) is 0 Å². The summed E-state index contributed by atoms with van der Waals surface area (Å²) in [6, 6.07) is 14.4. The van der Waals surface area contributed by atoms with Gasteiger partial charge in [0, 0.05) is 28.9 Å². The molecule has 0 aliphatic rings. The van der Waals surface area contributed by atoms with Crippen LogP contribution in [0.1, 0.15) is 0 Å². The number of aromatic nitrogens is 7. The Morgan fingerprint density at radius 2 is 1.90 bits per heavy atom. The van der Waals surface area contributed by atoms with Crippen LogP contribution in [0.4, 0.5) is 4.39 Å². The summed E-state index contributed by atoms with van der Waals surface area (Å²) in [6.45, 7) is 0. The molecular formula is C22H14FN7. The number of hydrogen-bond donors (Lipinski definition) is 3. The molecule has 6 aromatic rings. The van der Waals surface area contributed by atoms with Crippen LogP contribution in [0.15, 0.2) is 67.1 Å². The molecule has 6 rings (SSSR count). The number of fused-ring (bicyclic) bond motifs is 2. The summed E-state index contributed by atoms with van der Waals surface area (Å²) in [4.78, 5) is 12.4. The molecule has 144 valence electrons. The van der Waals surface area contributed by atoms with E-state index >= 15 is 0 Å². The first-order chi connectivity index (χ1) is 14.8. The van der Waals surface area contributed by atoms with Crippen LogP contribution in [-0.2, 0) is 0 Å². The Morgan fingerprint density at radius 3 is 2.77 bits per heavy atom. The summed E-state index contributed by atoms with van der Waals surface area (Å²) in [6.07, 6.45) is 5.29. The van der Waals surface area contributed by atoms with Gasteiger partial charge in [-0.15, -0.1) is 0 Å².